The third-order valence-corrected chi connectivity index (χ3v) is 2.08. The molecule has 4 nitrogen and oxygen atoms in total. The number of hydrogen-bond acceptors (Lipinski definition) is 3. The van der Waals surface area contributed by atoms with Gasteiger partial charge < -0.3 is 15.0 Å². The number of nitrogens with one attached hydrogen (secondary N) is 1. The maximum Gasteiger partial charge on any atom is 0.249 e. The van der Waals surface area contributed by atoms with Gasteiger partial charge in [-0.2, -0.15) is 0 Å². The largest absolute Gasteiger partial charge is 0.368 e. The van der Waals surface area contributed by atoms with Crippen molar-refractivity contribution in [2.45, 2.75) is 18.9 Å². The molecule has 1 atom stereocenters. The summed E-state index contributed by atoms with van der Waals surface area (Å²) in [7, 11) is 3.97. The molecule has 76 valence electrons. The molecule has 0 bridgehead atoms. The average Bonchev–Trinajstić information content (AvgIpc) is 2.55. The van der Waals surface area contributed by atoms with Crippen LogP contribution in [0.5, 0.6) is 0 Å². The molecule has 1 saturated heterocycles. The minimum Gasteiger partial charge on any atom is -0.368 e. The second kappa shape index (κ2) is 5.19. The lowest BCUT2D eigenvalue weighted by atomic mass is 10.2. The van der Waals surface area contributed by atoms with Gasteiger partial charge in [-0.15, -0.1) is 0 Å². The second-order valence-electron chi connectivity index (χ2n) is 3.60. The number of amides is 1. The highest BCUT2D eigenvalue weighted by molar-refractivity contribution is 5.80. The zero-order valence-corrected chi connectivity index (χ0v) is 8.38. The quantitative estimate of drug-likeness (QED) is 0.663. The summed E-state index contributed by atoms with van der Waals surface area (Å²) in [5.41, 5.74) is 0. The predicted molar refractivity (Wildman–Crippen MR) is 50.5 cm³/mol. The fraction of sp³-hybridized carbons (Fsp3) is 0.889. The Morgan fingerprint density at radius 1 is 1.62 bits per heavy atom. The van der Waals surface area contributed by atoms with Gasteiger partial charge in [0.1, 0.15) is 6.10 Å². The zero-order valence-electron chi connectivity index (χ0n) is 8.38. The summed E-state index contributed by atoms with van der Waals surface area (Å²) in [6.07, 6.45) is 1.68. The molecule has 0 unspecified atom stereocenters. The molecular weight excluding hydrogens is 168 g/mol. The van der Waals surface area contributed by atoms with Gasteiger partial charge in [-0.05, 0) is 26.9 Å². The smallest absolute Gasteiger partial charge is 0.249 e. The number of carbonyl (C=O) groups excluding carboxylic acids is 1. The van der Waals surface area contributed by atoms with Gasteiger partial charge >= 0.3 is 0 Å². The molecule has 0 spiro atoms. The summed E-state index contributed by atoms with van der Waals surface area (Å²) >= 11 is 0. The van der Waals surface area contributed by atoms with Crippen molar-refractivity contribution in [3.8, 4) is 0 Å². The van der Waals surface area contributed by atoms with E-state index in [1.165, 1.54) is 0 Å². The molecular formula is C9H18N2O2. The van der Waals surface area contributed by atoms with Crippen molar-refractivity contribution in [3.63, 3.8) is 0 Å². The fourth-order valence-electron chi connectivity index (χ4n) is 1.30. The summed E-state index contributed by atoms with van der Waals surface area (Å²) < 4.78 is 5.25. The van der Waals surface area contributed by atoms with Crippen molar-refractivity contribution in [2.24, 2.45) is 0 Å². The SMILES string of the molecule is CN(C)CCNC(=O)[C@@H]1CCCO1. The van der Waals surface area contributed by atoms with Crippen LogP contribution in [0.2, 0.25) is 0 Å². The fourth-order valence-corrected chi connectivity index (χ4v) is 1.30. The highest BCUT2D eigenvalue weighted by atomic mass is 16.5. The Morgan fingerprint density at radius 2 is 2.38 bits per heavy atom. The van der Waals surface area contributed by atoms with E-state index in [0.29, 0.717) is 6.54 Å². The third kappa shape index (κ3) is 3.74. The van der Waals surface area contributed by atoms with Crippen molar-refractivity contribution < 1.29 is 9.53 Å². The van der Waals surface area contributed by atoms with Crippen molar-refractivity contribution >= 4 is 5.91 Å². The van der Waals surface area contributed by atoms with Gasteiger partial charge in [-0.25, -0.2) is 0 Å². The van der Waals surface area contributed by atoms with Crippen molar-refractivity contribution in [1.82, 2.24) is 10.2 Å². The summed E-state index contributed by atoms with van der Waals surface area (Å²) in [5, 5.41) is 2.85. The first-order chi connectivity index (χ1) is 6.20. The van der Waals surface area contributed by atoms with E-state index in [9.17, 15) is 4.79 Å². The van der Waals surface area contributed by atoms with E-state index in [-0.39, 0.29) is 12.0 Å². The average molecular weight is 186 g/mol. The highest BCUT2D eigenvalue weighted by Gasteiger charge is 2.22. The molecule has 0 radical (unpaired) electrons. The van der Waals surface area contributed by atoms with E-state index >= 15 is 0 Å². The first-order valence-electron chi connectivity index (χ1n) is 4.74. The molecule has 13 heavy (non-hydrogen) atoms. The molecule has 0 aromatic rings. The van der Waals surface area contributed by atoms with E-state index in [1.807, 2.05) is 19.0 Å². The molecule has 4 heteroatoms. The van der Waals surface area contributed by atoms with Crippen molar-refractivity contribution in [1.29, 1.82) is 0 Å². The summed E-state index contributed by atoms with van der Waals surface area (Å²) in [6.45, 7) is 2.30. The van der Waals surface area contributed by atoms with Gasteiger partial charge in [-0.3, -0.25) is 4.79 Å². The molecule has 0 aromatic heterocycles. The molecule has 1 aliphatic heterocycles. The number of carbonyl (C=O) groups is 1. The Bertz CT molecular complexity index is 165. The molecule has 1 heterocycles. The topological polar surface area (TPSA) is 41.6 Å². The molecule has 1 fully saturated rings. The second-order valence-corrected chi connectivity index (χ2v) is 3.60. The Morgan fingerprint density at radius 3 is 2.92 bits per heavy atom. The number of ether oxygens (including phenoxy) is 1. The first-order valence-corrected chi connectivity index (χ1v) is 4.74. The monoisotopic (exact) mass is 186 g/mol. The molecule has 1 aliphatic rings. The maximum atomic E-state index is 11.4. The van der Waals surface area contributed by atoms with Gasteiger partial charge in [0.25, 0.3) is 0 Å². The normalized spacial score (nSPS) is 22.2. The Kier molecular flexibility index (Phi) is 4.18. The molecule has 0 saturated carbocycles. The maximum absolute atomic E-state index is 11.4. The summed E-state index contributed by atoms with van der Waals surface area (Å²) in [6, 6.07) is 0. The van der Waals surface area contributed by atoms with Gasteiger partial charge in [-0.1, -0.05) is 0 Å². The Hall–Kier alpha value is -0.610. The van der Waals surface area contributed by atoms with E-state index in [0.717, 1.165) is 26.0 Å². The van der Waals surface area contributed by atoms with Gasteiger partial charge in [0, 0.05) is 19.7 Å². The van der Waals surface area contributed by atoms with Crippen LogP contribution in [0.25, 0.3) is 0 Å². The standard InChI is InChI=1S/C9H18N2O2/c1-11(2)6-5-10-9(12)8-4-3-7-13-8/h8H,3-7H2,1-2H3,(H,10,12)/t8-/m0/s1. The number of nitrogens with zero attached hydrogens (tertiary/aromatic N) is 1. The number of rotatable bonds is 4. The van der Waals surface area contributed by atoms with Crippen LogP contribution in [0.1, 0.15) is 12.8 Å². The van der Waals surface area contributed by atoms with E-state index < -0.39 is 0 Å². The van der Waals surface area contributed by atoms with Crippen LogP contribution >= 0.6 is 0 Å². The number of likely N-dealkylation sites (N-methyl/N-ethyl adjacent to an activating group) is 1. The van der Waals surface area contributed by atoms with Gasteiger partial charge in [0.2, 0.25) is 5.91 Å². The number of hydrogen-bond donors (Lipinski definition) is 1. The Labute approximate surface area is 79.2 Å². The van der Waals surface area contributed by atoms with Gasteiger partial charge in [0.15, 0.2) is 0 Å². The van der Waals surface area contributed by atoms with E-state index in [1.54, 1.807) is 0 Å². The molecule has 1 N–H and O–H groups in total. The van der Waals surface area contributed by atoms with Crippen LogP contribution in [0, 0.1) is 0 Å². The molecule has 1 rings (SSSR count). The summed E-state index contributed by atoms with van der Waals surface area (Å²) in [5.74, 6) is 0.0411. The minimum atomic E-state index is -0.192. The lowest BCUT2D eigenvalue weighted by molar-refractivity contribution is -0.130. The zero-order chi connectivity index (χ0) is 9.68. The lowest BCUT2D eigenvalue weighted by Gasteiger charge is -2.12. The van der Waals surface area contributed by atoms with Gasteiger partial charge in [0.05, 0.1) is 0 Å². The molecule has 0 aliphatic carbocycles. The summed E-state index contributed by atoms with van der Waals surface area (Å²) in [4.78, 5) is 13.4. The predicted octanol–water partition coefficient (Wildman–Crippen LogP) is -0.157. The van der Waals surface area contributed by atoms with Crippen LogP contribution in [-0.4, -0.2) is 50.7 Å². The molecule has 1 amide bonds. The van der Waals surface area contributed by atoms with E-state index in [4.69, 9.17) is 4.74 Å². The third-order valence-electron chi connectivity index (χ3n) is 2.08. The first kappa shape index (κ1) is 10.5. The molecule has 0 aromatic carbocycles. The van der Waals surface area contributed by atoms with Crippen LogP contribution in [-0.2, 0) is 9.53 Å². The van der Waals surface area contributed by atoms with Crippen LogP contribution in [0.4, 0.5) is 0 Å². The van der Waals surface area contributed by atoms with Crippen LogP contribution < -0.4 is 5.32 Å². The van der Waals surface area contributed by atoms with Crippen LogP contribution in [0.15, 0.2) is 0 Å². The van der Waals surface area contributed by atoms with E-state index in [2.05, 4.69) is 5.32 Å². The Balaban J connectivity index is 2.10. The minimum absolute atomic E-state index is 0.0411. The highest BCUT2D eigenvalue weighted by Crippen LogP contribution is 2.11. The van der Waals surface area contributed by atoms with Crippen molar-refractivity contribution in [3.05, 3.63) is 0 Å². The van der Waals surface area contributed by atoms with Crippen molar-refractivity contribution in [2.75, 3.05) is 33.8 Å². The lowest BCUT2D eigenvalue weighted by Crippen LogP contribution is -2.37. The van der Waals surface area contributed by atoms with Crippen LogP contribution in [0.3, 0.4) is 0 Å².